The Morgan fingerprint density at radius 3 is 2.48 bits per heavy atom. The van der Waals surface area contributed by atoms with Gasteiger partial charge in [0.15, 0.2) is 0 Å². The first-order valence-electron chi connectivity index (χ1n) is 11.5. The first-order chi connectivity index (χ1) is 15.0. The van der Waals surface area contributed by atoms with Crippen LogP contribution in [0.4, 0.5) is 0 Å². The highest BCUT2D eigenvalue weighted by molar-refractivity contribution is 5.25. The second-order valence-corrected chi connectivity index (χ2v) is 8.68. The largest absolute Gasteiger partial charge is 0.462 e. The molecule has 0 spiro atoms. The van der Waals surface area contributed by atoms with Crippen molar-refractivity contribution in [2.75, 3.05) is 13.2 Å². The lowest BCUT2D eigenvalue weighted by molar-refractivity contribution is -0.00261. The van der Waals surface area contributed by atoms with Crippen LogP contribution in [0.25, 0.3) is 0 Å². The van der Waals surface area contributed by atoms with E-state index in [1.807, 2.05) is 24.3 Å². The average molecular weight is 424 g/mol. The normalized spacial score (nSPS) is 16.7. The van der Waals surface area contributed by atoms with Crippen LogP contribution in [-0.4, -0.2) is 29.3 Å². The Labute approximate surface area is 187 Å². The van der Waals surface area contributed by atoms with Crippen LogP contribution in [0, 0.1) is 6.92 Å². The fraction of sp³-hybridized carbons (Fsp3) is 0.481. The lowest BCUT2D eigenvalue weighted by Gasteiger charge is -2.26. The number of aliphatic hydroxyl groups is 1. The van der Waals surface area contributed by atoms with Crippen molar-refractivity contribution < 1.29 is 14.3 Å². The van der Waals surface area contributed by atoms with Crippen molar-refractivity contribution in [3.8, 4) is 0 Å². The van der Waals surface area contributed by atoms with E-state index in [2.05, 4.69) is 49.2 Å². The zero-order chi connectivity index (χ0) is 22.1. The number of aryl methyl sites for hydroxylation is 1. The zero-order valence-electron chi connectivity index (χ0n) is 18.9. The summed E-state index contributed by atoms with van der Waals surface area (Å²) in [5.74, 6) is 1.51. The maximum atomic E-state index is 11.3. The molecule has 4 nitrogen and oxygen atoms in total. The van der Waals surface area contributed by atoms with Crippen molar-refractivity contribution in [3.05, 3.63) is 84.4 Å². The summed E-state index contributed by atoms with van der Waals surface area (Å²) in [7, 11) is 0. The van der Waals surface area contributed by atoms with Crippen LogP contribution in [0.1, 0.15) is 61.2 Å². The van der Waals surface area contributed by atoms with Crippen molar-refractivity contribution in [2.24, 2.45) is 0 Å². The summed E-state index contributed by atoms with van der Waals surface area (Å²) in [5, 5.41) is 11.3. The molecule has 1 aliphatic rings. The van der Waals surface area contributed by atoms with Gasteiger partial charge in [-0.3, -0.25) is 4.90 Å². The number of nitrogens with zero attached hydrogens (tertiary/aromatic N) is 1. The highest BCUT2D eigenvalue weighted by Crippen LogP contribution is 2.33. The Hall–Kier alpha value is -2.14. The van der Waals surface area contributed by atoms with Gasteiger partial charge in [0.2, 0.25) is 0 Å². The van der Waals surface area contributed by atoms with Crippen LogP contribution in [0.3, 0.4) is 0 Å². The third kappa shape index (κ3) is 6.67. The molecule has 1 aliphatic heterocycles. The smallest absolute Gasteiger partial charge is 0.135 e. The fourth-order valence-electron chi connectivity index (χ4n) is 4.28. The van der Waals surface area contributed by atoms with Gasteiger partial charge in [0, 0.05) is 19.7 Å². The van der Waals surface area contributed by atoms with E-state index in [0.717, 1.165) is 51.1 Å². The van der Waals surface area contributed by atoms with Crippen LogP contribution >= 0.6 is 0 Å². The number of rotatable bonds is 13. The molecule has 0 radical (unpaired) electrons. The van der Waals surface area contributed by atoms with Crippen LogP contribution < -0.4 is 0 Å². The lowest BCUT2D eigenvalue weighted by Crippen LogP contribution is -2.31. The van der Waals surface area contributed by atoms with Crippen molar-refractivity contribution in [1.29, 1.82) is 0 Å². The van der Waals surface area contributed by atoms with Gasteiger partial charge in [-0.2, -0.15) is 0 Å². The third-order valence-electron chi connectivity index (χ3n) is 6.16. The molecule has 1 N–H and O–H groups in total. The predicted molar refractivity (Wildman–Crippen MR) is 126 cm³/mol. The molecular weight excluding hydrogens is 386 g/mol. The lowest BCUT2D eigenvalue weighted by atomic mass is 9.89. The molecule has 1 fully saturated rings. The van der Waals surface area contributed by atoms with Gasteiger partial charge in [0.05, 0.1) is 12.6 Å². The van der Waals surface area contributed by atoms with Crippen LogP contribution in [-0.2, 0) is 23.4 Å². The third-order valence-corrected chi connectivity index (χ3v) is 6.16. The summed E-state index contributed by atoms with van der Waals surface area (Å²) >= 11 is 0. The molecule has 168 valence electrons. The number of allylic oxidation sites excluding steroid dienone is 2. The van der Waals surface area contributed by atoms with E-state index >= 15 is 0 Å². The molecule has 1 aromatic carbocycles. The predicted octanol–water partition coefficient (Wildman–Crippen LogP) is 5.89. The average Bonchev–Trinajstić information content (AvgIpc) is 3.45. The molecule has 0 saturated carbocycles. The maximum Gasteiger partial charge on any atom is 0.135 e. The maximum absolute atomic E-state index is 11.3. The number of benzene rings is 1. The number of hydrogen-bond acceptors (Lipinski definition) is 4. The molecule has 0 aliphatic carbocycles. The Bertz CT molecular complexity index is 823. The van der Waals surface area contributed by atoms with Gasteiger partial charge in [-0.05, 0) is 68.7 Å². The first-order valence-corrected chi connectivity index (χ1v) is 11.5. The van der Waals surface area contributed by atoms with Gasteiger partial charge in [-0.1, -0.05) is 36.4 Å². The molecule has 0 amide bonds. The van der Waals surface area contributed by atoms with E-state index in [1.165, 1.54) is 11.1 Å². The Morgan fingerprint density at radius 1 is 1.10 bits per heavy atom. The number of hydrogen-bond donors (Lipinski definition) is 1. The SMILES string of the molecule is C=CCCC(O)(CCC=C)c1ccc(CN(Cc2ccccc2C)C[C@@H]2CCCO2)o1. The molecule has 2 aromatic rings. The molecule has 0 unspecified atom stereocenters. The van der Waals surface area contributed by atoms with E-state index in [-0.39, 0.29) is 6.10 Å². The number of furan rings is 1. The minimum atomic E-state index is -0.990. The standard InChI is InChI=1S/C27H37NO3/c1-4-6-16-27(29,17-7-5-2)26-15-14-25(31-26)21-28(20-24-13-10-18-30-24)19-23-12-9-8-11-22(23)3/h4-5,8-9,11-12,14-15,24,29H,1-2,6-7,10,13,16-21H2,3H3/t24-/m0/s1. The van der Waals surface area contributed by atoms with Crippen molar-refractivity contribution in [3.63, 3.8) is 0 Å². The quantitative estimate of drug-likeness (QED) is 0.408. The summed E-state index contributed by atoms with van der Waals surface area (Å²) in [5.41, 5.74) is 1.62. The van der Waals surface area contributed by atoms with Gasteiger partial charge in [-0.25, -0.2) is 0 Å². The van der Waals surface area contributed by atoms with Gasteiger partial charge < -0.3 is 14.3 Å². The fourth-order valence-corrected chi connectivity index (χ4v) is 4.28. The van der Waals surface area contributed by atoms with Crippen LogP contribution in [0.15, 0.2) is 66.1 Å². The van der Waals surface area contributed by atoms with Crippen molar-refractivity contribution >= 4 is 0 Å². The monoisotopic (exact) mass is 423 g/mol. The molecule has 3 rings (SSSR count). The van der Waals surface area contributed by atoms with E-state index in [9.17, 15) is 5.11 Å². The molecule has 1 atom stereocenters. The van der Waals surface area contributed by atoms with E-state index in [4.69, 9.17) is 9.15 Å². The second kappa shape index (κ2) is 11.5. The van der Waals surface area contributed by atoms with E-state index in [1.54, 1.807) is 0 Å². The molecule has 4 heteroatoms. The summed E-state index contributed by atoms with van der Waals surface area (Å²) in [4.78, 5) is 2.40. The Balaban J connectivity index is 1.75. The van der Waals surface area contributed by atoms with Crippen molar-refractivity contribution in [2.45, 2.75) is 70.2 Å². The zero-order valence-corrected chi connectivity index (χ0v) is 18.9. The summed E-state index contributed by atoms with van der Waals surface area (Å²) in [6.07, 6.45) is 8.87. The van der Waals surface area contributed by atoms with Crippen LogP contribution in [0.5, 0.6) is 0 Å². The van der Waals surface area contributed by atoms with Crippen molar-refractivity contribution in [1.82, 2.24) is 4.90 Å². The van der Waals surface area contributed by atoms with Gasteiger partial charge in [0.1, 0.15) is 17.1 Å². The topological polar surface area (TPSA) is 45.8 Å². The summed E-state index contributed by atoms with van der Waals surface area (Å²) in [6, 6.07) is 12.5. The van der Waals surface area contributed by atoms with Crippen LogP contribution in [0.2, 0.25) is 0 Å². The molecule has 1 saturated heterocycles. The molecule has 1 aromatic heterocycles. The number of ether oxygens (including phenoxy) is 1. The highest BCUT2D eigenvalue weighted by Gasteiger charge is 2.31. The summed E-state index contributed by atoms with van der Waals surface area (Å²) < 4.78 is 12.1. The van der Waals surface area contributed by atoms with Gasteiger partial charge in [0.25, 0.3) is 0 Å². The van der Waals surface area contributed by atoms with Gasteiger partial charge in [-0.15, -0.1) is 13.2 Å². The van der Waals surface area contributed by atoms with Gasteiger partial charge >= 0.3 is 0 Å². The molecule has 0 bridgehead atoms. The summed E-state index contributed by atoms with van der Waals surface area (Å²) in [6.45, 7) is 13.0. The molecule has 31 heavy (non-hydrogen) atoms. The minimum Gasteiger partial charge on any atom is -0.462 e. The Morgan fingerprint density at radius 2 is 1.84 bits per heavy atom. The molecule has 2 heterocycles. The minimum absolute atomic E-state index is 0.274. The molecular formula is C27H37NO3. The highest BCUT2D eigenvalue weighted by atomic mass is 16.5. The van der Waals surface area contributed by atoms with E-state index < -0.39 is 5.60 Å². The second-order valence-electron chi connectivity index (χ2n) is 8.68. The van der Waals surface area contributed by atoms with E-state index in [0.29, 0.717) is 25.1 Å². The first kappa shape index (κ1) is 23.5. The Kier molecular flexibility index (Phi) is 8.70.